The van der Waals surface area contributed by atoms with Gasteiger partial charge in [0.15, 0.2) is 0 Å². The molecule has 1 aliphatic carbocycles. The Morgan fingerprint density at radius 2 is 2.06 bits per heavy atom. The van der Waals surface area contributed by atoms with Gasteiger partial charge >= 0.3 is 5.97 Å². The van der Waals surface area contributed by atoms with Crippen LogP contribution in [0.15, 0.2) is 0 Å². The van der Waals surface area contributed by atoms with Gasteiger partial charge in [-0.3, -0.25) is 0 Å². The van der Waals surface area contributed by atoms with Crippen molar-refractivity contribution in [2.24, 2.45) is 0 Å². The van der Waals surface area contributed by atoms with Crippen molar-refractivity contribution < 1.29 is 14.3 Å². The Kier molecular flexibility index (Phi) is 7.17. The molecule has 0 unspecified atom stereocenters. The molecule has 0 atom stereocenters. The molecule has 0 saturated heterocycles. The molecule has 1 rings (SSSR count). The highest BCUT2D eigenvalue weighted by molar-refractivity contribution is 5.70. The first kappa shape index (κ1) is 13.5. The summed E-state index contributed by atoms with van der Waals surface area (Å²) in [6.07, 6.45) is 6.59. The quantitative estimate of drug-likeness (QED) is 0.531. The van der Waals surface area contributed by atoms with Gasteiger partial charge in [0.05, 0.1) is 13.2 Å². The maximum Gasteiger partial charge on any atom is 0.332 e. The van der Waals surface area contributed by atoms with Crippen LogP contribution in [-0.2, 0) is 14.3 Å². The van der Waals surface area contributed by atoms with Gasteiger partial charge in [0.25, 0.3) is 0 Å². The van der Waals surface area contributed by atoms with E-state index in [0.29, 0.717) is 19.3 Å². The van der Waals surface area contributed by atoms with Gasteiger partial charge in [0.2, 0.25) is 0 Å². The van der Waals surface area contributed by atoms with Crippen LogP contribution in [0.3, 0.4) is 0 Å². The smallest absolute Gasteiger partial charge is 0.332 e. The van der Waals surface area contributed by atoms with Crippen LogP contribution in [0.1, 0.15) is 39.0 Å². The Bertz CT molecular complexity index is 191. The van der Waals surface area contributed by atoms with Crippen LogP contribution in [0.25, 0.3) is 0 Å². The van der Waals surface area contributed by atoms with Crippen LogP contribution in [0.5, 0.6) is 0 Å². The highest BCUT2D eigenvalue weighted by atomic mass is 16.6. The Balaban J connectivity index is 1.89. The van der Waals surface area contributed by atoms with E-state index in [0.717, 1.165) is 6.54 Å². The SMILES string of the molecule is CCOC(=O)COCCNC1CCCCC1. The zero-order valence-corrected chi connectivity index (χ0v) is 10.2. The third-order valence-corrected chi connectivity index (χ3v) is 2.81. The van der Waals surface area contributed by atoms with Gasteiger partial charge in [0, 0.05) is 12.6 Å². The molecule has 0 heterocycles. The summed E-state index contributed by atoms with van der Waals surface area (Å²) in [5.74, 6) is -0.278. The minimum atomic E-state index is -0.278. The molecule has 94 valence electrons. The number of carbonyl (C=O) groups excluding carboxylic acids is 1. The molecule has 4 heteroatoms. The number of carbonyl (C=O) groups is 1. The summed E-state index contributed by atoms with van der Waals surface area (Å²) in [5, 5.41) is 3.45. The normalized spacial score (nSPS) is 17.3. The van der Waals surface area contributed by atoms with Crippen LogP contribution in [0.4, 0.5) is 0 Å². The van der Waals surface area contributed by atoms with E-state index in [4.69, 9.17) is 9.47 Å². The van der Waals surface area contributed by atoms with Crippen molar-refractivity contribution in [2.75, 3.05) is 26.4 Å². The largest absolute Gasteiger partial charge is 0.464 e. The van der Waals surface area contributed by atoms with Crippen molar-refractivity contribution in [1.29, 1.82) is 0 Å². The Morgan fingerprint density at radius 1 is 1.31 bits per heavy atom. The number of hydrogen-bond donors (Lipinski definition) is 1. The molecule has 0 radical (unpaired) electrons. The van der Waals surface area contributed by atoms with E-state index in [1.807, 2.05) is 0 Å². The first-order valence-corrected chi connectivity index (χ1v) is 6.29. The van der Waals surface area contributed by atoms with Crippen LogP contribution in [-0.4, -0.2) is 38.4 Å². The van der Waals surface area contributed by atoms with E-state index in [9.17, 15) is 4.79 Å². The summed E-state index contributed by atoms with van der Waals surface area (Å²) in [6, 6.07) is 0.653. The zero-order valence-electron chi connectivity index (χ0n) is 10.2. The molecule has 0 spiro atoms. The number of ether oxygens (including phenoxy) is 2. The summed E-state index contributed by atoms with van der Waals surface area (Å²) in [4.78, 5) is 10.9. The average molecular weight is 229 g/mol. The van der Waals surface area contributed by atoms with E-state index in [-0.39, 0.29) is 12.6 Å². The highest BCUT2D eigenvalue weighted by Gasteiger charge is 2.11. The number of esters is 1. The van der Waals surface area contributed by atoms with Gasteiger partial charge in [-0.05, 0) is 19.8 Å². The second-order valence-electron chi connectivity index (χ2n) is 4.15. The molecule has 0 aromatic heterocycles. The summed E-state index contributed by atoms with van der Waals surface area (Å²) < 4.78 is 9.96. The van der Waals surface area contributed by atoms with E-state index >= 15 is 0 Å². The predicted molar refractivity (Wildman–Crippen MR) is 62.3 cm³/mol. The van der Waals surface area contributed by atoms with Crippen molar-refractivity contribution in [3.8, 4) is 0 Å². The third-order valence-electron chi connectivity index (χ3n) is 2.81. The van der Waals surface area contributed by atoms with E-state index in [1.165, 1.54) is 32.1 Å². The first-order valence-electron chi connectivity index (χ1n) is 6.29. The Hall–Kier alpha value is -0.610. The molecule has 0 aliphatic heterocycles. The Morgan fingerprint density at radius 3 is 2.75 bits per heavy atom. The summed E-state index contributed by atoms with van der Waals surface area (Å²) in [7, 11) is 0. The van der Waals surface area contributed by atoms with Gasteiger partial charge < -0.3 is 14.8 Å². The number of hydrogen-bond acceptors (Lipinski definition) is 4. The average Bonchev–Trinajstić information content (AvgIpc) is 2.30. The standard InChI is InChI=1S/C12H23NO3/c1-2-16-12(14)10-15-9-8-13-11-6-4-3-5-7-11/h11,13H,2-10H2,1H3. The number of nitrogens with one attached hydrogen (secondary N) is 1. The van der Waals surface area contributed by atoms with E-state index in [2.05, 4.69) is 5.32 Å². The molecule has 1 saturated carbocycles. The van der Waals surface area contributed by atoms with Crippen molar-refractivity contribution in [2.45, 2.75) is 45.1 Å². The zero-order chi connectivity index (χ0) is 11.6. The molecule has 16 heavy (non-hydrogen) atoms. The van der Waals surface area contributed by atoms with E-state index in [1.54, 1.807) is 6.92 Å². The van der Waals surface area contributed by atoms with Crippen LogP contribution < -0.4 is 5.32 Å². The van der Waals surface area contributed by atoms with Crippen molar-refractivity contribution in [1.82, 2.24) is 5.32 Å². The lowest BCUT2D eigenvalue weighted by molar-refractivity contribution is -0.148. The molecular formula is C12H23NO3. The van der Waals surface area contributed by atoms with Gasteiger partial charge in [0.1, 0.15) is 6.61 Å². The van der Waals surface area contributed by atoms with Crippen LogP contribution in [0.2, 0.25) is 0 Å². The lowest BCUT2D eigenvalue weighted by atomic mass is 9.96. The summed E-state index contributed by atoms with van der Waals surface area (Å²) in [6.45, 7) is 3.69. The molecule has 0 bridgehead atoms. The molecule has 0 aromatic carbocycles. The fourth-order valence-corrected chi connectivity index (χ4v) is 2.00. The second kappa shape index (κ2) is 8.53. The molecule has 1 aliphatic rings. The van der Waals surface area contributed by atoms with Gasteiger partial charge in [-0.25, -0.2) is 4.79 Å². The minimum absolute atomic E-state index is 0.0696. The maximum absolute atomic E-state index is 10.9. The molecule has 4 nitrogen and oxygen atoms in total. The van der Waals surface area contributed by atoms with Crippen molar-refractivity contribution in [3.05, 3.63) is 0 Å². The van der Waals surface area contributed by atoms with Crippen LogP contribution in [0, 0.1) is 0 Å². The molecule has 0 aromatic rings. The molecular weight excluding hydrogens is 206 g/mol. The third kappa shape index (κ3) is 6.08. The fraction of sp³-hybridized carbons (Fsp3) is 0.917. The van der Waals surface area contributed by atoms with Crippen molar-refractivity contribution >= 4 is 5.97 Å². The number of rotatable bonds is 7. The summed E-state index contributed by atoms with van der Waals surface area (Å²) in [5.41, 5.74) is 0. The second-order valence-corrected chi connectivity index (χ2v) is 4.15. The van der Waals surface area contributed by atoms with Gasteiger partial charge in [-0.15, -0.1) is 0 Å². The van der Waals surface area contributed by atoms with Crippen LogP contribution >= 0.6 is 0 Å². The fourth-order valence-electron chi connectivity index (χ4n) is 2.00. The predicted octanol–water partition coefficient (Wildman–Crippen LogP) is 1.49. The van der Waals surface area contributed by atoms with Gasteiger partial charge in [-0.2, -0.15) is 0 Å². The maximum atomic E-state index is 10.9. The molecule has 0 amide bonds. The highest BCUT2D eigenvalue weighted by Crippen LogP contribution is 2.16. The molecule has 1 N–H and O–H groups in total. The van der Waals surface area contributed by atoms with Crippen molar-refractivity contribution in [3.63, 3.8) is 0 Å². The lowest BCUT2D eigenvalue weighted by Crippen LogP contribution is -2.33. The monoisotopic (exact) mass is 229 g/mol. The topological polar surface area (TPSA) is 47.6 Å². The first-order chi connectivity index (χ1) is 7.83. The molecule has 1 fully saturated rings. The Labute approximate surface area is 97.7 Å². The minimum Gasteiger partial charge on any atom is -0.464 e. The van der Waals surface area contributed by atoms with Gasteiger partial charge in [-0.1, -0.05) is 19.3 Å². The lowest BCUT2D eigenvalue weighted by Gasteiger charge is -2.22. The van der Waals surface area contributed by atoms with E-state index < -0.39 is 0 Å². The summed E-state index contributed by atoms with van der Waals surface area (Å²) >= 11 is 0.